The van der Waals surface area contributed by atoms with Crippen molar-refractivity contribution >= 4 is 45.4 Å². The van der Waals surface area contributed by atoms with E-state index in [1.165, 1.54) is 11.3 Å². The minimum absolute atomic E-state index is 0.168. The number of para-hydroxylation sites is 1. The Labute approximate surface area is 196 Å². The Morgan fingerprint density at radius 2 is 1.50 bits per heavy atom. The maximum absolute atomic E-state index is 12.9. The summed E-state index contributed by atoms with van der Waals surface area (Å²) in [5.41, 5.74) is 13.4. The summed E-state index contributed by atoms with van der Waals surface area (Å²) in [7, 11) is 0. The Balaban J connectivity index is 0.000000509. The summed E-state index contributed by atoms with van der Waals surface area (Å²) in [5, 5.41) is 13.6. The highest BCUT2D eigenvalue weighted by Gasteiger charge is 2.38. The van der Waals surface area contributed by atoms with Gasteiger partial charge in [-0.25, -0.2) is 4.79 Å². The molecule has 0 saturated carbocycles. The van der Waals surface area contributed by atoms with Gasteiger partial charge in [-0.15, -0.1) is 11.3 Å². The lowest BCUT2D eigenvalue weighted by atomic mass is 10.1. The van der Waals surface area contributed by atoms with Crippen molar-refractivity contribution in [2.45, 2.75) is 6.18 Å². The highest BCUT2D eigenvalue weighted by Crippen LogP contribution is 2.38. The minimum Gasteiger partial charge on any atom is -0.475 e. The molecule has 1 aromatic heterocycles. The second kappa shape index (κ2) is 11.8. The number of nitrogens with two attached hydrogens (primary N) is 2. The first-order chi connectivity index (χ1) is 16.1. The third kappa shape index (κ3) is 7.05. The molecule has 0 spiro atoms. The summed E-state index contributed by atoms with van der Waals surface area (Å²) in [6.07, 6.45) is -5.08. The number of hydrogen-bond donors (Lipinski definition) is 5. The normalized spacial score (nSPS) is 10.6. The molecule has 34 heavy (non-hydrogen) atoms. The first kappa shape index (κ1) is 26.4. The largest absolute Gasteiger partial charge is 0.490 e. The van der Waals surface area contributed by atoms with Crippen molar-refractivity contribution in [2.75, 3.05) is 24.1 Å². The molecule has 0 aliphatic rings. The van der Waals surface area contributed by atoms with E-state index in [-0.39, 0.29) is 22.9 Å². The van der Waals surface area contributed by atoms with Crippen LogP contribution in [0, 0.1) is 0 Å². The van der Waals surface area contributed by atoms with Crippen molar-refractivity contribution in [2.24, 2.45) is 5.73 Å². The van der Waals surface area contributed by atoms with Crippen LogP contribution in [-0.4, -0.2) is 42.0 Å². The number of benzene rings is 2. The molecule has 0 radical (unpaired) electrons. The van der Waals surface area contributed by atoms with Gasteiger partial charge in [0, 0.05) is 24.3 Å². The predicted molar refractivity (Wildman–Crippen MR) is 123 cm³/mol. The summed E-state index contributed by atoms with van der Waals surface area (Å²) in [5.74, 6) is -3.33. The van der Waals surface area contributed by atoms with Gasteiger partial charge in [-0.1, -0.05) is 48.5 Å². The molecule has 3 rings (SSSR count). The number of aliphatic carboxylic acids is 1. The fraction of sp³-hybridized carbons (Fsp3) is 0.136. The Morgan fingerprint density at radius 3 is 2.00 bits per heavy atom. The number of carboxylic acid groups (broad SMARTS) is 1. The van der Waals surface area contributed by atoms with Crippen molar-refractivity contribution in [1.29, 1.82) is 0 Å². The van der Waals surface area contributed by atoms with Crippen molar-refractivity contribution in [3.63, 3.8) is 0 Å². The van der Waals surface area contributed by atoms with Gasteiger partial charge in [0.25, 0.3) is 5.91 Å². The van der Waals surface area contributed by atoms with Gasteiger partial charge in [0.15, 0.2) is 0 Å². The average Bonchev–Trinajstić information content (AvgIpc) is 3.13. The number of anilines is 3. The Bertz CT molecular complexity index is 1140. The molecular formula is C22H21F3N4O4S. The van der Waals surface area contributed by atoms with Gasteiger partial charge in [0.1, 0.15) is 9.88 Å². The standard InChI is InChI=1S/C20H20N4O2S.C2HF3O2/c21-11-12-23-19(26)15-16(22)18(17(25)13-7-3-1-4-8-13)27-20(15)24-14-9-5-2-6-10-14;3-2(4,5)1(6)7/h1-10,24H,11-12,21-22H2,(H,23,26);(H,6,7). The van der Waals surface area contributed by atoms with Gasteiger partial charge in [0.2, 0.25) is 5.78 Å². The number of ketones is 1. The van der Waals surface area contributed by atoms with Crippen molar-refractivity contribution in [3.8, 4) is 0 Å². The zero-order valence-corrected chi connectivity index (χ0v) is 18.4. The maximum Gasteiger partial charge on any atom is 0.490 e. The second-order valence-electron chi connectivity index (χ2n) is 6.58. The van der Waals surface area contributed by atoms with E-state index in [1.54, 1.807) is 24.3 Å². The minimum atomic E-state index is -5.08. The molecule has 0 atom stereocenters. The molecule has 0 saturated heterocycles. The number of halogens is 3. The summed E-state index contributed by atoms with van der Waals surface area (Å²) in [4.78, 5) is 34.7. The van der Waals surface area contributed by atoms with E-state index in [4.69, 9.17) is 21.4 Å². The van der Waals surface area contributed by atoms with E-state index in [1.807, 2.05) is 36.4 Å². The SMILES string of the molecule is NCCNC(=O)c1c(Nc2ccccc2)sc(C(=O)c2ccccc2)c1N.O=C(O)C(F)(F)F. The lowest BCUT2D eigenvalue weighted by Gasteiger charge is -2.08. The van der Waals surface area contributed by atoms with E-state index >= 15 is 0 Å². The smallest absolute Gasteiger partial charge is 0.475 e. The topological polar surface area (TPSA) is 148 Å². The zero-order chi connectivity index (χ0) is 25.3. The van der Waals surface area contributed by atoms with Crippen molar-refractivity contribution in [3.05, 3.63) is 76.7 Å². The first-order valence-electron chi connectivity index (χ1n) is 9.68. The lowest BCUT2D eigenvalue weighted by molar-refractivity contribution is -0.192. The number of carbonyl (C=O) groups is 3. The molecule has 3 aromatic rings. The molecule has 0 aliphatic heterocycles. The van der Waals surface area contributed by atoms with Crippen LogP contribution in [0.5, 0.6) is 0 Å². The number of hydrogen-bond acceptors (Lipinski definition) is 7. The fourth-order valence-electron chi connectivity index (χ4n) is 2.57. The van der Waals surface area contributed by atoms with E-state index in [0.29, 0.717) is 28.5 Å². The maximum atomic E-state index is 12.9. The third-order valence-electron chi connectivity index (χ3n) is 4.12. The summed E-state index contributed by atoms with van der Waals surface area (Å²) >= 11 is 1.17. The van der Waals surface area contributed by atoms with Gasteiger partial charge in [-0.2, -0.15) is 13.2 Å². The van der Waals surface area contributed by atoms with Crippen LogP contribution in [0.15, 0.2) is 60.7 Å². The van der Waals surface area contributed by atoms with Crippen LogP contribution in [0.3, 0.4) is 0 Å². The average molecular weight is 494 g/mol. The van der Waals surface area contributed by atoms with E-state index in [0.717, 1.165) is 5.69 Å². The lowest BCUT2D eigenvalue weighted by Crippen LogP contribution is -2.29. The zero-order valence-electron chi connectivity index (χ0n) is 17.6. The van der Waals surface area contributed by atoms with Gasteiger partial charge < -0.3 is 27.2 Å². The number of carboxylic acids is 1. The molecule has 7 N–H and O–H groups in total. The van der Waals surface area contributed by atoms with Gasteiger partial charge in [0.05, 0.1) is 11.3 Å². The number of nitrogens with one attached hydrogen (secondary N) is 2. The first-order valence-corrected chi connectivity index (χ1v) is 10.5. The van der Waals surface area contributed by atoms with Crippen LogP contribution in [0.1, 0.15) is 25.6 Å². The molecule has 2 aromatic carbocycles. The molecule has 0 unspecified atom stereocenters. The fourth-order valence-corrected chi connectivity index (χ4v) is 3.67. The van der Waals surface area contributed by atoms with Gasteiger partial charge >= 0.3 is 12.1 Å². The quantitative estimate of drug-likeness (QED) is 0.315. The molecular weight excluding hydrogens is 473 g/mol. The van der Waals surface area contributed by atoms with E-state index in [2.05, 4.69) is 10.6 Å². The molecule has 0 bridgehead atoms. The highest BCUT2D eigenvalue weighted by atomic mass is 32.1. The molecule has 12 heteroatoms. The molecule has 8 nitrogen and oxygen atoms in total. The molecule has 0 fully saturated rings. The van der Waals surface area contributed by atoms with Crippen molar-refractivity contribution < 1.29 is 32.7 Å². The van der Waals surface area contributed by atoms with Crippen molar-refractivity contribution in [1.82, 2.24) is 5.32 Å². The number of amides is 1. The number of alkyl halides is 3. The summed E-state index contributed by atoms with van der Waals surface area (Å²) in [6, 6.07) is 18.2. The molecule has 0 aliphatic carbocycles. The Kier molecular flexibility index (Phi) is 9.16. The highest BCUT2D eigenvalue weighted by molar-refractivity contribution is 7.19. The van der Waals surface area contributed by atoms with Gasteiger partial charge in [-0.3, -0.25) is 9.59 Å². The van der Waals surface area contributed by atoms with Crippen LogP contribution < -0.4 is 22.1 Å². The van der Waals surface area contributed by atoms with E-state index < -0.39 is 12.1 Å². The predicted octanol–water partition coefficient (Wildman–Crippen LogP) is 3.63. The second-order valence-corrected chi connectivity index (χ2v) is 7.60. The van der Waals surface area contributed by atoms with Crippen LogP contribution in [0.25, 0.3) is 0 Å². The monoisotopic (exact) mass is 494 g/mol. The number of carbonyl (C=O) groups excluding carboxylic acids is 2. The third-order valence-corrected chi connectivity index (χ3v) is 5.24. The van der Waals surface area contributed by atoms with Crippen LogP contribution >= 0.6 is 11.3 Å². The van der Waals surface area contributed by atoms with Gasteiger partial charge in [-0.05, 0) is 12.1 Å². The summed E-state index contributed by atoms with van der Waals surface area (Å²) in [6.45, 7) is 0.633. The number of thiophene rings is 1. The molecule has 180 valence electrons. The van der Waals surface area contributed by atoms with Crippen LogP contribution in [-0.2, 0) is 4.79 Å². The number of rotatable bonds is 7. The van der Waals surface area contributed by atoms with E-state index in [9.17, 15) is 22.8 Å². The van der Waals surface area contributed by atoms with Crippen LogP contribution in [0.4, 0.5) is 29.5 Å². The Morgan fingerprint density at radius 1 is 0.971 bits per heavy atom. The molecule has 1 heterocycles. The van der Waals surface area contributed by atoms with Crippen LogP contribution in [0.2, 0.25) is 0 Å². The summed E-state index contributed by atoms with van der Waals surface area (Å²) < 4.78 is 31.7. The number of nitrogen functional groups attached to an aromatic ring is 1. The Hall–Kier alpha value is -3.90. The molecule has 1 amide bonds.